The summed E-state index contributed by atoms with van der Waals surface area (Å²) >= 11 is 0. The van der Waals surface area contributed by atoms with Crippen LogP contribution in [0.5, 0.6) is 0 Å². The molecule has 0 amide bonds. The number of phosphoric acid groups is 1. The molecule has 0 aromatic rings. The number of nitrogens with zero attached hydrogens (tertiary/aromatic N) is 1. The second-order valence-corrected chi connectivity index (χ2v) is 4.97. The third-order valence-electron chi connectivity index (χ3n) is 2.50. The minimum atomic E-state index is -4.30. The summed E-state index contributed by atoms with van der Waals surface area (Å²) in [6.07, 6.45) is 3.59. The maximum absolute atomic E-state index is 10.5. The van der Waals surface area contributed by atoms with Crippen molar-refractivity contribution in [1.29, 1.82) is 0 Å². The van der Waals surface area contributed by atoms with Crippen LogP contribution in [0.25, 0.3) is 0 Å². The largest absolute Gasteiger partial charge is 0.469 e. The van der Waals surface area contributed by atoms with Crippen molar-refractivity contribution < 1.29 is 18.9 Å². The van der Waals surface area contributed by atoms with Gasteiger partial charge in [0.1, 0.15) is 0 Å². The molecule has 0 radical (unpaired) electrons. The highest BCUT2D eigenvalue weighted by molar-refractivity contribution is 7.46. The van der Waals surface area contributed by atoms with Gasteiger partial charge in [-0.2, -0.15) is 0 Å². The van der Waals surface area contributed by atoms with Gasteiger partial charge in [0, 0.05) is 6.04 Å². The molecule has 1 rings (SSSR count). The minimum Gasteiger partial charge on any atom is -0.303 e. The number of hydrogen-bond acceptors (Lipinski definition) is 3. The van der Waals surface area contributed by atoms with Gasteiger partial charge in [-0.25, -0.2) is 4.57 Å². The van der Waals surface area contributed by atoms with Crippen LogP contribution < -0.4 is 0 Å². The van der Waals surface area contributed by atoms with Crippen molar-refractivity contribution in [3.8, 4) is 0 Å². The fourth-order valence-corrected chi connectivity index (χ4v) is 2.08. The molecule has 0 aromatic heterocycles. The van der Waals surface area contributed by atoms with Gasteiger partial charge < -0.3 is 9.79 Å². The Morgan fingerprint density at radius 2 is 1.93 bits per heavy atom. The number of likely N-dealkylation sites (tertiary alicyclic amines) is 1. The van der Waals surface area contributed by atoms with Crippen LogP contribution in [0.3, 0.4) is 0 Å². The Kier molecular flexibility index (Phi) is 4.54. The van der Waals surface area contributed by atoms with E-state index in [2.05, 4.69) is 9.42 Å². The number of phosphoric ester groups is 1. The summed E-state index contributed by atoms with van der Waals surface area (Å²) < 4.78 is 14.9. The highest BCUT2D eigenvalue weighted by atomic mass is 31.2. The Labute approximate surface area is 84.3 Å². The monoisotopic (exact) mass is 223 g/mol. The Bertz CT molecular complexity index is 211. The van der Waals surface area contributed by atoms with Crippen molar-refractivity contribution in [1.82, 2.24) is 4.90 Å². The third-order valence-corrected chi connectivity index (χ3v) is 2.98. The van der Waals surface area contributed by atoms with Gasteiger partial charge in [-0.05, 0) is 32.9 Å². The maximum Gasteiger partial charge on any atom is 0.469 e. The summed E-state index contributed by atoms with van der Waals surface area (Å²) in [5.74, 6) is 0. The average molecular weight is 223 g/mol. The van der Waals surface area contributed by atoms with E-state index in [9.17, 15) is 4.57 Å². The lowest BCUT2D eigenvalue weighted by Gasteiger charge is -2.31. The Hall–Kier alpha value is 0.0700. The van der Waals surface area contributed by atoms with Gasteiger partial charge in [-0.15, -0.1) is 0 Å². The summed E-state index contributed by atoms with van der Waals surface area (Å²) in [4.78, 5) is 19.3. The van der Waals surface area contributed by atoms with Crippen molar-refractivity contribution in [2.75, 3.05) is 19.7 Å². The fraction of sp³-hybridized carbons (Fsp3) is 1.00. The molecule has 1 fully saturated rings. The topological polar surface area (TPSA) is 70.0 Å². The summed E-state index contributed by atoms with van der Waals surface area (Å²) in [7, 11) is -4.30. The lowest BCUT2D eigenvalue weighted by atomic mass is 10.1. The van der Waals surface area contributed by atoms with E-state index in [0.29, 0.717) is 0 Å². The second kappa shape index (κ2) is 5.24. The summed E-state index contributed by atoms with van der Waals surface area (Å²) in [5.41, 5.74) is 0. The molecule has 1 atom stereocenters. The van der Waals surface area contributed by atoms with Crippen molar-refractivity contribution in [2.24, 2.45) is 0 Å². The van der Waals surface area contributed by atoms with E-state index >= 15 is 0 Å². The number of rotatable bonds is 4. The SMILES string of the molecule is CC(COP(=O)(O)O)N1CCCCC1. The van der Waals surface area contributed by atoms with E-state index in [1.807, 2.05) is 6.92 Å². The first-order valence-electron chi connectivity index (χ1n) is 4.93. The van der Waals surface area contributed by atoms with E-state index in [1.165, 1.54) is 19.3 Å². The van der Waals surface area contributed by atoms with Crippen LogP contribution in [0.2, 0.25) is 0 Å². The molecule has 5 nitrogen and oxygen atoms in total. The normalized spacial score (nSPS) is 22.2. The van der Waals surface area contributed by atoms with Crippen LogP contribution in [0.4, 0.5) is 0 Å². The summed E-state index contributed by atoms with van der Waals surface area (Å²) in [6.45, 7) is 4.04. The maximum atomic E-state index is 10.5. The Morgan fingerprint density at radius 1 is 1.36 bits per heavy atom. The van der Waals surface area contributed by atoms with Gasteiger partial charge in [0.05, 0.1) is 6.61 Å². The summed E-state index contributed by atoms with van der Waals surface area (Å²) in [5, 5.41) is 0. The molecule has 6 heteroatoms. The van der Waals surface area contributed by atoms with Crippen LogP contribution >= 0.6 is 7.82 Å². The highest BCUT2D eigenvalue weighted by Crippen LogP contribution is 2.36. The first-order chi connectivity index (χ1) is 6.49. The van der Waals surface area contributed by atoms with Crippen LogP contribution in [0, 0.1) is 0 Å². The smallest absolute Gasteiger partial charge is 0.303 e. The van der Waals surface area contributed by atoms with Gasteiger partial charge >= 0.3 is 7.82 Å². The zero-order chi connectivity index (χ0) is 10.6. The second-order valence-electron chi connectivity index (χ2n) is 3.73. The minimum absolute atomic E-state index is 0.0860. The van der Waals surface area contributed by atoms with Gasteiger partial charge in [0.15, 0.2) is 0 Å². The first kappa shape index (κ1) is 12.1. The molecule has 1 aliphatic rings. The number of piperidine rings is 1. The van der Waals surface area contributed by atoms with E-state index in [-0.39, 0.29) is 12.6 Å². The molecule has 84 valence electrons. The predicted molar refractivity (Wildman–Crippen MR) is 52.9 cm³/mol. The van der Waals surface area contributed by atoms with Crippen LogP contribution in [0.1, 0.15) is 26.2 Å². The van der Waals surface area contributed by atoms with E-state index in [0.717, 1.165) is 13.1 Å². The molecule has 0 bridgehead atoms. The molecule has 0 aromatic carbocycles. The lowest BCUT2D eigenvalue weighted by molar-refractivity contribution is 0.104. The van der Waals surface area contributed by atoms with Crippen LogP contribution in [0.15, 0.2) is 0 Å². The quantitative estimate of drug-likeness (QED) is 0.695. The fourth-order valence-electron chi connectivity index (χ4n) is 1.67. The molecule has 0 aliphatic carbocycles. The molecule has 1 unspecified atom stereocenters. The van der Waals surface area contributed by atoms with E-state index < -0.39 is 7.82 Å². The van der Waals surface area contributed by atoms with Crippen molar-refractivity contribution >= 4 is 7.82 Å². The van der Waals surface area contributed by atoms with Gasteiger partial charge in [0.25, 0.3) is 0 Å². The first-order valence-corrected chi connectivity index (χ1v) is 6.46. The molecule has 14 heavy (non-hydrogen) atoms. The van der Waals surface area contributed by atoms with Crippen LogP contribution in [-0.2, 0) is 9.09 Å². The van der Waals surface area contributed by atoms with Gasteiger partial charge in [-0.1, -0.05) is 6.42 Å². The predicted octanol–water partition coefficient (Wildman–Crippen LogP) is 0.970. The molecular weight excluding hydrogens is 205 g/mol. The lowest BCUT2D eigenvalue weighted by Crippen LogP contribution is -2.39. The highest BCUT2D eigenvalue weighted by Gasteiger charge is 2.21. The molecule has 1 aliphatic heterocycles. The molecule has 0 saturated carbocycles. The molecule has 1 saturated heterocycles. The van der Waals surface area contributed by atoms with Gasteiger partial charge in [-0.3, -0.25) is 9.42 Å². The zero-order valence-electron chi connectivity index (χ0n) is 8.43. The van der Waals surface area contributed by atoms with E-state index in [4.69, 9.17) is 9.79 Å². The standard InChI is InChI=1S/C8H18NO4P/c1-8(7-13-14(10,11)12)9-5-3-2-4-6-9/h8H,2-7H2,1H3,(H2,10,11,12). The molecule has 2 N–H and O–H groups in total. The van der Waals surface area contributed by atoms with Gasteiger partial charge in [0.2, 0.25) is 0 Å². The van der Waals surface area contributed by atoms with Crippen molar-refractivity contribution in [2.45, 2.75) is 32.2 Å². The molecule has 1 heterocycles. The molecular formula is C8H18NO4P. The molecule has 0 spiro atoms. The number of hydrogen-bond donors (Lipinski definition) is 2. The Balaban J connectivity index is 2.26. The van der Waals surface area contributed by atoms with Crippen molar-refractivity contribution in [3.63, 3.8) is 0 Å². The zero-order valence-corrected chi connectivity index (χ0v) is 9.32. The van der Waals surface area contributed by atoms with Crippen molar-refractivity contribution in [3.05, 3.63) is 0 Å². The average Bonchev–Trinajstić information content (AvgIpc) is 2.14. The van der Waals surface area contributed by atoms with E-state index in [1.54, 1.807) is 0 Å². The van der Waals surface area contributed by atoms with Crippen LogP contribution in [-0.4, -0.2) is 40.4 Å². The summed E-state index contributed by atoms with van der Waals surface area (Å²) in [6, 6.07) is 0.0860. The Morgan fingerprint density at radius 3 is 2.43 bits per heavy atom. The third kappa shape index (κ3) is 4.53.